The average Bonchev–Trinajstić information content (AvgIpc) is 2.92. The van der Waals surface area contributed by atoms with Gasteiger partial charge in [0.2, 0.25) is 0 Å². The summed E-state index contributed by atoms with van der Waals surface area (Å²) in [5, 5.41) is 24.3. The van der Waals surface area contributed by atoms with Gasteiger partial charge in [-0.2, -0.15) is 5.26 Å². The van der Waals surface area contributed by atoms with Crippen LogP contribution in [0.3, 0.4) is 0 Å². The van der Waals surface area contributed by atoms with Crippen molar-refractivity contribution in [2.24, 2.45) is 0 Å². The lowest BCUT2D eigenvalue weighted by atomic mass is 9.88. The van der Waals surface area contributed by atoms with Crippen LogP contribution in [0.2, 0.25) is 0 Å². The lowest BCUT2D eigenvalue weighted by molar-refractivity contribution is -0.134. The number of unbranched alkanes of at least 4 members (excludes halogenated alkanes) is 1. The number of hydrogen-bond acceptors (Lipinski definition) is 5. The molecular formula is C21H27N3O4. The molecule has 1 aromatic carbocycles. The number of nitrogens with zero attached hydrogens (tertiary/aromatic N) is 3. The quantitative estimate of drug-likeness (QED) is 0.593. The molecule has 0 aromatic heterocycles. The number of carboxylic acids is 2. The Kier molecular flexibility index (Phi) is 7.59. The van der Waals surface area contributed by atoms with Gasteiger partial charge in [-0.15, -0.1) is 0 Å². The van der Waals surface area contributed by atoms with Gasteiger partial charge in [0, 0.05) is 56.4 Å². The first-order chi connectivity index (χ1) is 13.3. The van der Waals surface area contributed by atoms with Crippen molar-refractivity contribution in [1.82, 2.24) is 4.90 Å². The molecule has 1 aromatic rings. The van der Waals surface area contributed by atoms with E-state index >= 15 is 0 Å². The van der Waals surface area contributed by atoms with Crippen LogP contribution < -0.4 is 4.90 Å². The number of anilines is 1. The minimum Gasteiger partial charge on any atom is -0.478 e. The third-order valence-corrected chi connectivity index (χ3v) is 5.25. The summed E-state index contributed by atoms with van der Waals surface area (Å²) in [4.78, 5) is 24.1. The van der Waals surface area contributed by atoms with E-state index in [1.54, 1.807) is 0 Å². The summed E-state index contributed by atoms with van der Waals surface area (Å²) in [6, 6.07) is 9.79. The van der Waals surface area contributed by atoms with Crippen LogP contribution in [0.1, 0.15) is 36.3 Å². The molecule has 7 nitrogen and oxygen atoms in total. The molecule has 2 atom stereocenters. The molecule has 2 N–H and O–H groups in total. The van der Waals surface area contributed by atoms with E-state index in [-0.39, 0.29) is 0 Å². The molecule has 0 spiro atoms. The second-order valence-corrected chi connectivity index (χ2v) is 7.21. The van der Waals surface area contributed by atoms with E-state index in [1.165, 1.54) is 29.8 Å². The number of likely N-dealkylation sites (N-methyl/N-ethyl adjacent to an activating group) is 1. The molecule has 28 heavy (non-hydrogen) atoms. The van der Waals surface area contributed by atoms with E-state index < -0.39 is 11.9 Å². The largest absolute Gasteiger partial charge is 0.478 e. The molecule has 0 saturated carbocycles. The molecule has 3 rings (SSSR count). The summed E-state index contributed by atoms with van der Waals surface area (Å²) in [5.41, 5.74) is 4.31. The fraction of sp³-hybridized carbons (Fsp3) is 0.476. The van der Waals surface area contributed by atoms with Crippen LogP contribution in [-0.4, -0.2) is 59.8 Å². The standard InChI is InChI=1S/C17H23N3.C4H4O4/c1-13-5-6-16-14(11-13)15-12-20(9-4-3-8-18)10-7-17(15)19(16)2;5-3(6)1-2-4(7)8/h5-6,11,15,17H,3-4,7,9-10,12H2,1-2H3;1-2H,(H,5,6)(H,7,8). The number of fused-ring (bicyclic) bond motifs is 3. The summed E-state index contributed by atoms with van der Waals surface area (Å²) in [6.07, 6.45) is 4.04. The summed E-state index contributed by atoms with van der Waals surface area (Å²) in [7, 11) is 2.24. The number of nitriles is 1. The molecule has 0 radical (unpaired) electrons. The van der Waals surface area contributed by atoms with Crippen LogP contribution in [0.15, 0.2) is 30.4 Å². The number of rotatable bonds is 5. The fourth-order valence-electron chi connectivity index (χ4n) is 3.97. The molecule has 7 heteroatoms. The van der Waals surface area contributed by atoms with E-state index in [0.29, 0.717) is 30.5 Å². The van der Waals surface area contributed by atoms with Crippen molar-refractivity contribution >= 4 is 17.6 Å². The second-order valence-electron chi connectivity index (χ2n) is 7.21. The van der Waals surface area contributed by atoms with Crippen LogP contribution in [0.5, 0.6) is 0 Å². The van der Waals surface area contributed by atoms with Crippen LogP contribution in [-0.2, 0) is 9.59 Å². The summed E-state index contributed by atoms with van der Waals surface area (Å²) in [5.74, 6) is -1.87. The van der Waals surface area contributed by atoms with Gasteiger partial charge in [-0.1, -0.05) is 17.7 Å². The predicted molar refractivity (Wildman–Crippen MR) is 106 cm³/mol. The van der Waals surface area contributed by atoms with E-state index in [9.17, 15) is 9.59 Å². The summed E-state index contributed by atoms with van der Waals surface area (Å²) < 4.78 is 0. The van der Waals surface area contributed by atoms with Crippen LogP contribution in [0, 0.1) is 18.3 Å². The Morgan fingerprint density at radius 3 is 2.57 bits per heavy atom. The number of benzene rings is 1. The molecule has 1 fully saturated rings. The van der Waals surface area contributed by atoms with Gasteiger partial charge in [-0.05, 0) is 37.9 Å². The van der Waals surface area contributed by atoms with Crippen LogP contribution in [0.25, 0.3) is 0 Å². The highest BCUT2D eigenvalue weighted by atomic mass is 16.4. The molecule has 0 aliphatic carbocycles. The predicted octanol–water partition coefficient (Wildman–Crippen LogP) is 2.62. The van der Waals surface area contributed by atoms with Gasteiger partial charge < -0.3 is 20.0 Å². The second kappa shape index (κ2) is 9.90. The fourth-order valence-corrected chi connectivity index (χ4v) is 3.97. The molecule has 150 valence electrons. The third kappa shape index (κ3) is 5.57. The van der Waals surface area contributed by atoms with E-state index in [1.807, 2.05) is 0 Å². The third-order valence-electron chi connectivity index (χ3n) is 5.25. The van der Waals surface area contributed by atoms with Crippen molar-refractivity contribution in [3.05, 3.63) is 41.5 Å². The van der Waals surface area contributed by atoms with Crippen molar-refractivity contribution in [1.29, 1.82) is 5.26 Å². The van der Waals surface area contributed by atoms with Gasteiger partial charge in [0.25, 0.3) is 0 Å². The number of carboxylic acid groups (broad SMARTS) is 2. The van der Waals surface area contributed by atoms with Crippen molar-refractivity contribution in [3.8, 4) is 6.07 Å². The maximum Gasteiger partial charge on any atom is 0.328 e. The molecule has 2 heterocycles. The van der Waals surface area contributed by atoms with Crippen molar-refractivity contribution < 1.29 is 19.8 Å². The highest BCUT2D eigenvalue weighted by Crippen LogP contribution is 2.44. The highest BCUT2D eigenvalue weighted by molar-refractivity contribution is 5.89. The minimum atomic E-state index is -1.26. The molecule has 2 aliphatic heterocycles. The summed E-state index contributed by atoms with van der Waals surface area (Å²) in [6.45, 7) is 5.57. The first-order valence-corrected chi connectivity index (χ1v) is 9.40. The maximum atomic E-state index is 9.55. The Hall–Kier alpha value is -2.85. The molecular weight excluding hydrogens is 358 g/mol. The minimum absolute atomic E-state index is 0.558. The zero-order valence-corrected chi connectivity index (χ0v) is 16.3. The first kappa shape index (κ1) is 21.5. The van der Waals surface area contributed by atoms with Crippen molar-refractivity contribution in [2.75, 3.05) is 31.6 Å². The van der Waals surface area contributed by atoms with E-state index in [4.69, 9.17) is 15.5 Å². The normalized spacial score (nSPS) is 20.7. The van der Waals surface area contributed by atoms with E-state index in [0.717, 1.165) is 19.5 Å². The monoisotopic (exact) mass is 385 g/mol. The zero-order valence-electron chi connectivity index (χ0n) is 16.3. The van der Waals surface area contributed by atoms with E-state index in [2.05, 4.69) is 48.0 Å². The number of aliphatic carboxylic acids is 2. The molecule has 0 bridgehead atoms. The maximum absolute atomic E-state index is 9.55. The van der Waals surface area contributed by atoms with Gasteiger partial charge in [-0.3, -0.25) is 0 Å². The lowest BCUT2D eigenvalue weighted by Gasteiger charge is -2.37. The summed E-state index contributed by atoms with van der Waals surface area (Å²) >= 11 is 0. The zero-order chi connectivity index (χ0) is 20.7. The number of likely N-dealkylation sites (tertiary alicyclic amines) is 1. The SMILES string of the molecule is Cc1ccc2c(c1)C1CN(CCCC#N)CCC1N2C.O=C(O)C=CC(=O)O. The van der Waals surface area contributed by atoms with Crippen molar-refractivity contribution in [3.63, 3.8) is 0 Å². The Balaban J connectivity index is 0.000000300. The molecule has 1 saturated heterocycles. The average molecular weight is 385 g/mol. The van der Waals surface area contributed by atoms with Gasteiger partial charge in [0.05, 0.1) is 6.07 Å². The number of hydrogen-bond donors (Lipinski definition) is 2. The van der Waals surface area contributed by atoms with Gasteiger partial charge in [-0.25, -0.2) is 9.59 Å². The number of carbonyl (C=O) groups is 2. The van der Waals surface area contributed by atoms with Crippen LogP contribution in [0.4, 0.5) is 5.69 Å². The molecule has 2 unspecified atom stereocenters. The van der Waals surface area contributed by atoms with Gasteiger partial charge >= 0.3 is 11.9 Å². The smallest absolute Gasteiger partial charge is 0.328 e. The van der Waals surface area contributed by atoms with Crippen LogP contribution >= 0.6 is 0 Å². The Morgan fingerprint density at radius 2 is 1.96 bits per heavy atom. The highest BCUT2D eigenvalue weighted by Gasteiger charge is 2.39. The van der Waals surface area contributed by atoms with Crippen molar-refractivity contribution in [2.45, 2.75) is 38.1 Å². The molecule has 2 aliphatic rings. The number of aryl methyl sites for hydroxylation is 1. The lowest BCUT2D eigenvalue weighted by Crippen LogP contribution is -2.45. The molecule has 0 amide bonds. The Morgan fingerprint density at radius 1 is 1.29 bits per heavy atom. The Labute approximate surface area is 165 Å². The van der Waals surface area contributed by atoms with Gasteiger partial charge in [0.1, 0.15) is 0 Å². The first-order valence-electron chi connectivity index (χ1n) is 9.40. The number of piperidine rings is 1. The Bertz CT molecular complexity index is 768. The topological polar surface area (TPSA) is 105 Å². The van der Waals surface area contributed by atoms with Gasteiger partial charge in [0.15, 0.2) is 0 Å².